The lowest BCUT2D eigenvalue weighted by Crippen LogP contribution is -1.91. The molecule has 0 fully saturated rings. The van der Waals surface area contributed by atoms with Gasteiger partial charge < -0.3 is 4.98 Å². The molecular weight excluding hydrogens is 391 g/mol. The highest BCUT2D eigenvalue weighted by Crippen LogP contribution is 2.37. The predicted octanol–water partition coefficient (Wildman–Crippen LogP) is 5.07. The fourth-order valence-corrected chi connectivity index (χ4v) is 4.25. The molecule has 0 aliphatic carbocycles. The van der Waals surface area contributed by atoms with Crippen LogP contribution in [0, 0.1) is 22.7 Å². The summed E-state index contributed by atoms with van der Waals surface area (Å²) in [6.07, 6.45) is 0.936. The van der Waals surface area contributed by atoms with Gasteiger partial charge in [-0.2, -0.15) is 10.5 Å². The molecule has 140 valence electrons. The smallest absolute Gasteiger partial charge is 0.141 e. The molecule has 0 spiro atoms. The van der Waals surface area contributed by atoms with Crippen molar-refractivity contribution in [3.05, 3.63) is 76.3 Å². The Morgan fingerprint density at radius 1 is 0.900 bits per heavy atom. The molecule has 0 atom stereocenters. The van der Waals surface area contributed by atoms with Crippen molar-refractivity contribution in [1.29, 1.82) is 10.5 Å². The van der Waals surface area contributed by atoms with Crippen molar-refractivity contribution in [2.75, 3.05) is 0 Å². The first-order valence-electron chi connectivity index (χ1n) is 9.61. The summed E-state index contributed by atoms with van der Waals surface area (Å²) in [5, 5.41) is 24.0. The average Bonchev–Trinajstić information content (AvgIpc) is 3.23. The summed E-state index contributed by atoms with van der Waals surface area (Å²) < 4.78 is 0. The van der Waals surface area contributed by atoms with E-state index in [2.05, 4.69) is 43.2 Å². The lowest BCUT2D eigenvalue weighted by atomic mass is 9.92. The van der Waals surface area contributed by atoms with Gasteiger partial charge in [0.2, 0.25) is 0 Å². The molecule has 5 rings (SSSR count). The number of hydrogen-bond acceptors (Lipinski definition) is 3. The van der Waals surface area contributed by atoms with Crippen LogP contribution >= 0.6 is 11.6 Å². The number of benzene rings is 4. The van der Waals surface area contributed by atoms with Gasteiger partial charge in [-0.3, -0.25) is 0 Å². The van der Waals surface area contributed by atoms with Crippen molar-refractivity contribution in [3.8, 4) is 23.5 Å². The highest BCUT2D eigenvalue weighted by Gasteiger charge is 2.18. The van der Waals surface area contributed by atoms with Gasteiger partial charge in [0, 0.05) is 15.8 Å². The summed E-state index contributed by atoms with van der Waals surface area (Å²) in [5.41, 5.74) is 4.28. The molecule has 5 aromatic rings. The van der Waals surface area contributed by atoms with E-state index in [1.807, 2.05) is 18.2 Å². The topological polar surface area (TPSA) is 76.3 Å². The third-order valence-corrected chi connectivity index (χ3v) is 5.77. The van der Waals surface area contributed by atoms with E-state index in [9.17, 15) is 10.5 Å². The first kappa shape index (κ1) is 18.2. The molecule has 30 heavy (non-hydrogen) atoms. The number of aromatic nitrogens is 2. The third kappa shape index (κ3) is 2.64. The van der Waals surface area contributed by atoms with E-state index in [1.54, 1.807) is 18.2 Å². The molecule has 0 amide bonds. The van der Waals surface area contributed by atoms with Crippen LogP contribution in [-0.4, -0.2) is 17.8 Å². The summed E-state index contributed by atoms with van der Waals surface area (Å²) in [6, 6.07) is 21.7. The fraction of sp³-hybridized carbons (Fsp3) is 0.0417. The van der Waals surface area contributed by atoms with Crippen molar-refractivity contribution >= 4 is 52.0 Å². The van der Waals surface area contributed by atoms with E-state index in [-0.39, 0.29) is 0 Å². The standard InChI is InChI=1S/C24H14BClN4/c25-10-13-4-6-17-19(8-13)20-9-16(26)5-7-18(20)23-22(17)29-24(30-23)21-14(11-27)2-1-3-15(21)12-28/h1-9H,10,25H2,(H,29,30). The number of hydrogen-bond donors (Lipinski definition) is 1. The minimum atomic E-state index is 0.415. The van der Waals surface area contributed by atoms with Gasteiger partial charge >= 0.3 is 0 Å². The van der Waals surface area contributed by atoms with Crippen LogP contribution < -0.4 is 0 Å². The number of H-pyrrole nitrogens is 1. The van der Waals surface area contributed by atoms with E-state index in [0.717, 1.165) is 38.9 Å². The summed E-state index contributed by atoms with van der Waals surface area (Å²) in [6.45, 7) is 0. The Labute approximate surface area is 178 Å². The zero-order chi connectivity index (χ0) is 20.8. The second kappa shape index (κ2) is 6.92. The van der Waals surface area contributed by atoms with Gasteiger partial charge in [0.25, 0.3) is 0 Å². The number of nitriles is 2. The maximum Gasteiger partial charge on any atom is 0.141 e. The van der Waals surface area contributed by atoms with E-state index in [1.165, 1.54) is 5.56 Å². The second-order valence-corrected chi connectivity index (χ2v) is 7.62. The van der Waals surface area contributed by atoms with Gasteiger partial charge in [-0.25, -0.2) is 4.98 Å². The fourth-order valence-electron chi connectivity index (χ4n) is 4.07. The summed E-state index contributed by atoms with van der Waals surface area (Å²) >= 11 is 6.32. The number of nitrogens with zero attached hydrogens (tertiary/aromatic N) is 3. The van der Waals surface area contributed by atoms with Gasteiger partial charge in [0.05, 0.1) is 39.9 Å². The molecule has 0 radical (unpaired) electrons. The Morgan fingerprint density at radius 2 is 1.60 bits per heavy atom. The normalized spacial score (nSPS) is 11.0. The van der Waals surface area contributed by atoms with E-state index in [0.29, 0.717) is 27.5 Å². The van der Waals surface area contributed by atoms with Gasteiger partial charge in [-0.15, -0.1) is 0 Å². The number of imidazole rings is 1. The molecule has 0 bridgehead atoms. The molecule has 0 aliphatic rings. The minimum absolute atomic E-state index is 0.415. The second-order valence-electron chi connectivity index (χ2n) is 7.18. The summed E-state index contributed by atoms with van der Waals surface area (Å²) in [4.78, 5) is 8.25. The Bertz CT molecular complexity index is 1540. The Hall–Kier alpha value is -3.80. The van der Waals surface area contributed by atoms with Crippen LogP contribution in [0.4, 0.5) is 0 Å². The molecule has 4 nitrogen and oxygen atoms in total. The van der Waals surface area contributed by atoms with Crippen LogP contribution in [0.2, 0.25) is 5.02 Å². The van der Waals surface area contributed by atoms with Crippen molar-refractivity contribution < 1.29 is 0 Å². The van der Waals surface area contributed by atoms with E-state index < -0.39 is 0 Å². The quantitative estimate of drug-likeness (QED) is 0.330. The Balaban J connectivity index is 1.96. The highest BCUT2D eigenvalue weighted by atomic mass is 35.5. The average molecular weight is 405 g/mol. The molecule has 6 heteroatoms. The van der Waals surface area contributed by atoms with Crippen LogP contribution in [0.3, 0.4) is 0 Å². The third-order valence-electron chi connectivity index (χ3n) is 5.53. The highest BCUT2D eigenvalue weighted by molar-refractivity contribution is 6.33. The van der Waals surface area contributed by atoms with Crippen LogP contribution in [-0.2, 0) is 6.32 Å². The molecule has 1 aromatic heterocycles. The number of aromatic amines is 1. The molecule has 0 unspecified atom stereocenters. The number of nitrogens with one attached hydrogen (secondary N) is 1. The molecule has 0 aliphatic heterocycles. The zero-order valence-corrected chi connectivity index (χ0v) is 16.9. The van der Waals surface area contributed by atoms with Crippen LogP contribution in [0.5, 0.6) is 0 Å². The molecule has 0 saturated heterocycles. The summed E-state index contributed by atoms with van der Waals surface area (Å²) in [7, 11) is 2.13. The molecular formula is C24H14BClN4. The molecule has 1 N–H and O–H groups in total. The van der Waals surface area contributed by atoms with Crippen molar-refractivity contribution in [2.45, 2.75) is 6.32 Å². The van der Waals surface area contributed by atoms with E-state index in [4.69, 9.17) is 16.6 Å². The molecule has 1 heterocycles. The zero-order valence-electron chi connectivity index (χ0n) is 16.1. The Morgan fingerprint density at radius 3 is 2.30 bits per heavy atom. The van der Waals surface area contributed by atoms with Crippen LogP contribution in [0.15, 0.2) is 54.6 Å². The first-order chi connectivity index (χ1) is 14.6. The number of halogens is 1. The van der Waals surface area contributed by atoms with Crippen LogP contribution in [0.25, 0.3) is 44.0 Å². The molecule has 0 saturated carbocycles. The maximum absolute atomic E-state index is 9.59. The van der Waals surface area contributed by atoms with Crippen molar-refractivity contribution in [3.63, 3.8) is 0 Å². The van der Waals surface area contributed by atoms with Gasteiger partial charge in [0.15, 0.2) is 0 Å². The van der Waals surface area contributed by atoms with Crippen molar-refractivity contribution in [2.24, 2.45) is 0 Å². The SMILES string of the molecule is BCc1ccc2c(c1)c1cc(Cl)ccc1c1nc(-c3c(C#N)cccc3C#N)[nH]c21. The van der Waals surface area contributed by atoms with Gasteiger partial charge in [-0.05, 0) is 35.0 Å². The maximum atomic E-state index is 9.59. The first-order valence-corrected chi connectivity index (χ1v) is 9.99. The lowest BCUT2D eigenvalue weighted by molar-refractivity contribution is 1.31. The van der Waals surface area contributed by atoms with Gasteiger partial charge in [-0.1, -0.05) is 53.8 Å². The minimum Gasteiger partial charge on any atom is -0.337 e. The van der Waals surface area contributed by atoms with Crippen LogP contribution in [0.1, 0.15) is 16.7 Å². The van der Waals surface area contributed by atoms with Gasteiger partial charge in [0.1, 0.15) is 13.7 Å². The van der Waals surface area contributed by atoms with Crippen molar-refractivity contribution in [1.82, 2.24) is 9.97 Å². The Kier molecular flexibility index (Phi) is 4.21. The number of fused-ring (bicyclic) bond motifs is 6. The van der Waals surface area contributed by atoms with E-state index >= 15 is 0 Å². The summed E-state index contributed by atoms with van der Waals surface area (Å²) in [5.74, 6) is 0.516. The monoisotopic (exact) mass is 404 g/mol. The lowest BCUT2D eigenvalue weighted by Gasteiger charge is -2.08. The largest absolute Gasteiger partial charge is 0.337 e. The number of rotatable bonds is 2. The molecule has 4 aromatic carbocycles. The predicted molar refractivity (Wildman–Crippen MR) is 123 cm³/mol.